The summed E-state index contributed by atoms with van der Waals surface area (Å²) in [5.74, 6) is 2.60. The molecule has 1 aromatic rings. The Balaban J connectivity index is 3.00. The summed E-state index contributed by atoms with van der Waals surface area (Å²) in [6.07, 6.45) is 5.23. The van der Waals surface area contributed by atoms with E-state index in [0.29, 0.717) is 6.54 Å². The van der Waals surface area contributed by atoms with Crippen molar-refractivity contribution in [3.05, 3.63) is 23.8 Å². The molecule has 0 amide bonds. The highest BCUT2D eigenvalue weighted by atomic mass is 15.1. The lowest BCUT2D eigenvalue weighted by molar-refractivity contribution is 1.04. The van der Waals surface area contributed by atoms with Gasteiger partial charge in [-0.2, -0.15) is 0 Å². The molecule has 0 saturated carbocycles. The van der Waals surface area contributed by atoms with Crippen molar-refractivity contribution in [2.75, 3.05) is 24.2 Å². The van der Waals surface area contributed by atoms with Crippen LogP contribution in [0.5, 0.6) is 0 Å². The maximum atomic E-state index is 5.68. The third-order valence-corrected chi connectivity index (χ3v) is 1.97. The second-order valence-corrected chi connectivity index (χ2v) is 3.11. The molecule has 0 unspecified atom stereocenters. The molecular weight excluding hydrogens is 160 g/mol. The van der Waals surface area contributed by atoms with Crippen molar-refractivity contribution < 1.29 is 0 Å². The number of anilines is 2. The van der Waals surface area contributed by atoms with Gasteiger partial charge in [0.05, 0.1) is 6.54 Å². The van der Waals surface area contributed by atoms with Crippen LogP contribution in [0.2, 0.25) is 0 Å². The van der Waals surface area contributed by atoms with E-state index < -0.39 is 0 Å². The van der Waals surface area contributed by atoms with Crippen LogP contribution in [0.1, 0.15) is 5.56 Å². The summed E-state index contributed by atoms with van der Waals surface area (Å²) in [5, 5.41) is 0. The van der Waals surface area contributed by atoms with Crippen LogP contribution in [0.3, 0.4) is 0 Å². The fourth-order valence-corrected chi connectivity index (χ4v) is 1.26. The maximum absolute atomic E-state index is 5.68. The molecule has 0 saturated heterocycles. The van der Waals surface area contributed by atoms with Crippen LogP contribution in [0, 0.1) is 19.3 Å². The number of benzene rings is 1. The number of hydrogen-bond donors (Lipinski definition) is 1. The van der Waals surface area contributed by atoms with E-state index in [-0.39, 0.29) is 0 Å². The molecule has 1 rings (SSSR count). The van der Waals surface area contributed by atoms with E-state index in [1.165, 1.54) is 5.56 Å². The molecule has 0 spiro atoms. The molecule has 0 radical (unpaired) electrons. The first-order valence-electron chi connectivity index (χ1n) is 4.16. The van der Waals surface area contributed by atoms with Crippen LogP contribution in [0.15, 0.2) is 18.2 Å². The van der Waals surface area contributed by atoms with E-state index in [4.69, 9.17) is 12.2 Å². The Morgan fingerprint density at radius 3 is 2.85 bits per heavy atom. The van der Waals surface area contributed by atoms with Crippen molar-refractivity contribution in [1.82, 2.24) is 0 Å². The van der Waals surface area contributed by atoms with Gasteiger partial charge in [0.1, 0.15) is 0 Å². The number of nitrogens with zero attached hydrogens (tertiary/aromatic N) is 1. The van der Waals surface area contributed by atoms with Gasteiger partial charge in [-0.25, -0.2) is 0 Å². The summed E-state index contributed by atoms with van der Waals surface area (Å²) in [4.78, 5) is 2.01. The van der Waals surface area contributed by atoms with E-state index in [0.717, 1.165) is 11.4 Å². The largest absolute Gasteiger partial charge is 0.399 e. The molecule has 13 heavy (non-hydrogen) atoms. The van der Waals surface area contributed by atoms with Crippen LogP contribution >= 0.6 is 0 Å². The minimum atomic E-state index is 0.601. The van der Waals surface area contributed by atoms with Gasteiger partial charge in [-0.1, -0.05) is 12.0 Å². The minimum absolute atomic E-state index is 0.601. The van der Waals surface area contributed by atoms with Crippen LogP contribution in [-0.2, 0) is 0 Å². The molecule has 1 aromatic carbocycles. The lowest BCUT2D eigenvalue weighted by atomic mass is 10.1. The second kappa shape index (κ2) is 3.86. The van der Waals surface area contributed by atoms with Gasteiger partial charge in [0.2, 0.25) is 0 Å². The molecule has 0 aromatic heterocycles. The molecule has 2 N–H and O–H groups in total. The van der Waals surface area contributed by atoms with Crippen molar-refractivity contribution in [3.63, 3.8) is 0 Å². The van der Waals surface area contributed by atoms with Crippen LogP contribution < -0.4 is 10.6 Å². The zero-order valence-electron chi connectivity index (χ0n) is 8.04. The molecular formula is C11H14N2. The van der Waals surface area contributed by atoms with Crippen LogP contribution in [0.4, 0.5) is 11.4 Å². The minimum Gasteiger partial charge on any atom is -0.399 e. The summed E-state index contributed by atoms with van der Waals surface area (Å²) >= 11 is 0. The van der Waals surface area contributed by atoms with E-state index in [1.807, 2.05) is 37.1 Å². The summed E-state index contributed by atoms with van der Waals surface area (Å²) in [6, 6.07) is 5.83. The van der Waals surface area contributed by atoms with E-state index >= 15 is 0 Å². The van der Waals surface area contributed by atoms with Gasteiger partial charge >= 0.3 is 0 Å². The number of aryl methyl sites for hydroxylation is 1. The average Bonchev–Trinajstić information content (AvgIpc) is 2.09. The zero-order chi connectivity index (χ0) is 9.84. The molecule has 0 atom stereocenters. The molecule has 0 bridgehead atoms. The number of hydrogen-bond acceptors (Lipinski definition) is 2. The van der Waals surface area contributed by atoms with Gasteiger partial charge in [0, 0.05) is 18.4 Å². The molecule has 0 heterocycles. The Labute approximate surface area is 79.4 Å². The lowest BCUT2D eigenvalue weighted by Crippen LogP contribution is -2.18. The van der Waals surface area contributed by atoms with Crippen molar-refractivity contribution in [2.45, 2.75) is 6.92 Å². The number of rotatable bonds is 2. The summed E-state index contributed by atoms with van der Waals surface area (Å²) in [7, 11) is 1.96. The molecule has 2 heteroatoms. The molecule has 0 aliphatic heterocycles. The molecule has 0 aliphatic carbocycles. The topological polar surface area (TPSA) is 29.3 Å². The first kappa shape index (κ1) is 9.47. The SMILES string of the molecule is C#CCN(C)c1cc(N)ccc1C. The first-order valence-corrected chi connectivity index (χ1v) is 4.16. The standard InChI is InChI=1S/C11H14N2/c1-4-7-13(3)11-8-10(12)6-5-9(11)2/h1,5-6,8H,7,12H2,2-3H3. The first-order chi connectivity index (χ1) is 6.15. The molecule has 0 aliphatic rings. The quantitative estimate of drug-likeness (QED) is 0.545. The number of nitrogens with two attached hydrogens (primary N) is 1. The average molecular weight is 174 g/mol. The highest BCUT2D eigenvalue weighted by Gasteiger charge is 2.02. The Bertz CT molecular complexity index is 336. The Hall–Kier alpha value is -1.62. The predicted molar refractivity (Wildman–Crippen MR) is 57.7 cm³/mol. The van der Waals surface area contributed by atoms with E-state index in [2.05, 4.69) is 5.92 Å². The van der Waals surface area contributed by atoms with Crippen LogP contribution in [0.25, 0.3) is 0 Å². The second-order valence-electron chi connectivity index (χ2n) is 3.11. The fourth-order valence-electron chi connectivity index (χ4n) is 1.26. The number of nitrogen functional groups attached to an aromatic ring is 1. The molecule has 68 valence electrons. The van der Waals surface area contributed by atoms with Gasteiger partial charge in [-0.05, 0) is 24.6 Å². The smallest absolute Gasteiger partial charge is 0.0788 e. The van der Waals surface area contributed by atoms with Crippen molar-refractivity contribution in [3.8, 4) is 12.3 Å². The maximum Gasteiger partial charge on any atom is 0.0788 e. The normalized spacial score (nSPS) is 9.31. The monoisotopic (exact) mass is 174 g/mol. The Morgan fingerprint density at radius 2 is 2.23 bits per heavy atom. The van der Waals surface area contributed by atoms with Gasteiger partial charge in [-0.15, -0.1) is 6.42 Å². The van der Waals surface area contributed by atoms with E-state index in [1.54, 1.807) is 0 Å². The highest BCUT2D eigenvalue weighted by Crippen LogP contribution is 2.21. The predicted octanol–water partition coefficient (Wildman–Crippen LogP) is 1.65. The molecule has 0 fully saturated rings. The van der Waals surface area contributed by atoms with Crippen molar-refractivity contribution >= 4 is 11.4 Å². The summed E-state index contributed by atoms with van der Waals surface area (Å²) < 4.78 is 0. The highest BCUT2D eigenvalue weighted by molar-refractivity contribution is 5.60. The third kappa shape index (κ3) is 2.16. The molecule has 2 nitrogen and oxygen atoms in total. The zero-order valence-corrected chi connectivity index (χ0v) is 8.04. The van der Waals surface area contributed by atoms with E-state index in [9.17, 15) is 0 Å². The summed E-state index contributed by atoms with van der Waals surface area (Å²) in [5.41, 5.74) is 8.73. The van der Waals surface area contributed by atoms with Crippen LogP contribution in [-0.4, -0.2) is 13.6 Å². The Kier molecular flexibility index (Phi) is 2.81. The number of terminal acetylenes is 1. The Morgan fingerprint density at radius 1 is 1.54 bits per heavy atom. The van der Waals surface area contributed by atoms with Gasteiger partial charge in [0.15, 0.2) is 0 Å². The van der Waals surface area contributed by atoms with Gasteiger partial charge in [-0.3, -0.25) is 0 Å². The van der Waals surface area contributed by atoms with Crippen molar-refractivity contribution in [1.29, 1.82) is 0 Å². The van der Waals surface area contributed by atoms with Crippen molar-refractivity contribution in [2.24, 2.45) is 0 Å². The fraction of sp³-hybridized carbons (Fsp3) is 0.273. The summed E-state index contributed by atoms with van der Waals surface area (Å²) in [6.45, 7) is 2.64. The van der Waals surface area contributed by atoms with Gasteiger partial charge < -0.3 is 10.6 Å². The lowest BCUT2D eigenvalue weighted by Gasteiger charge is -2.18. The third-order valence-electron chi connectivity index (χ3n) is 1.97. The van der Waals surface area contributed by atoms with Gasteiger partial charge in [0.25, 0.3) is 0 Å².